The summed E-state index contributed by atoms with van der Waals surface area (Å²) in [7, 11) is 1.43. The van der Waals surface area contributed by atoms with E-state index in [1.165, 1.54) is 7.11 Å². The van der Waals surface area contributed by atoms with Crippen molar-refractivity contribution < 1.29 is 59.2 Å². The number of hydrazine groups is 1. The van der Waals surface area contributed by atoms with E-state index in [-0.39, 0.29) is 30.1 Å². The Hall–Kier alpha value is -2.20. The number of aryl methyl sites for hydroxylation is 1. The van der Waals surface area contributed by atoms with Crippen molar-refractivity contribution in [3.8, 4) is 0 Å². The molecule has 0 aromatic heterocycles. The predicted octanol–water partition coefficient (Wildman–Crippen LogP) is 1.68. The number of rotatable bonds is 12. The number of halogens is 2. The Morgan fingerprint density at radius 3 is 2.07 bits per heavy atom. The molecule has 15 nitrogen and oxygen atoms in total. The Bertz CT molecular complexity index is 1290. The van der Waals surface area contributed by atoms with Crippen LogP contribution in [-0.2, 0) is 16.0 Å². The zero-order valence-electron chi connectivity index (χ0n) is 33.2. The van der Waals surface area contributed by atoms with Gasteiger partial charge in [-0.15, -0.1) is 13.2 Å². The van der Waals surface area contributed by atoms with Gasteiger partial charge >= 0.3 is 11.9 Å². The summed E-state index contributed by atoms with van der Waals surface area (Å²) in [5, 5.41) is 81.8. The first-order valence-corrected chi connectivity index (χ1v) is 18.2. The lowest BCUT2D eigenvalue weighted by atomic mass is 9.69. The molecule has 0 bridgehead atoms. The van der Waals surface area contributed by atoms with Gasteiger partial charge in [0, 0.05) is 43.7 Å². The molecule has 0 radical (unpaired) electrons. The van der Waals surface area contributed by atoms with Gasteiger partial charge in [0.05, 0.1) is 6.10 Å². The number of nitrogens with one attached hydrogen (secondary N) is 4. The highest BCUT2D eigenvalue weighted by atomic mass is 19.3. The van der Waals surface area contributed by atoms with Gasteiger partial charge in [0.15, 0.2) is 17.6 Å². The van der Waals surface area contributed by atoms with Crippen molar-refractivity contribution in [3.63, 3.8) is 0 Å². The van der Waals surface area contributed by atoms with Gasteiger partial charge in [0.1, 0.15) is 0 Å². The molecule has 9 unspecified atom stereocenters. The topological polar surface area (TPSA) is 232 Å². The predicted molar refractivity (Wildman–Crippen MR) is 199 cm³/mol. The lowest BCUT2D eigenvalue weighted by Gasteiger charge is -2.51. The Morgan fingerprint density at radius 2 is 1.61 bits per heavy atom. The number of hydroxylamine groups is 1. The molecular weight excluding hydrogens is 712 g/mol. The first-order chi connectivity index (χ1) is 24.8. The van der Waals surface area contributed by atoms with Crippen LogP contribution in [-0.4, -0.2) is 112 Å². The van der Waals surface area contributed by atoms with E-state index in [1.807, 2.05) is 56.0 Å². The number of likely N-dealkylation sites (tertiary alicyclic amines) is 1. The van der Waals surface area contributed by atoms with Crippen molar-refractivity contribution in [2.75, 3.05) is 7.11 Å². The number of aliphatic hydroxyl groups excluding tert-OH is 1. The largest absolute Gasteiger partial charge is 0.389 e. The summed E-state index contributed by atoms with van der Waals surface area (Å²) >= 11 is 0. The second-order valence-electron chi connectivity index (χ2n) is 14.7. The average molecular weight is 780 g/mol. The van der Waals surface area contributed by atoms with Crippen LogP contribution in [0, 0.1) is 17.8 Å². The summed E-state index contributed by atoms with van der Waals surface area (Å²) in [5.74, 6) is -14.4. The van der Waals surface area contributed by atoms with E-state index < -0.39 is 59.7 Å². The number of nitrogens with zero attached hydrogens (tertiary/aromatic N) is 1. The van der Waals surface area contributed by atoms with Gasteiger partial charge in [-0.3, -0.25) is 10.8 Å². The number of hydrogen-bond donors (Lipinski definition) is 12. The fourth-order valence-corrected chi connectivity index (χ4v) is 6.82. The van der Waals surface area contributed by atoms with Crippen molar-refractivity contribution in [1.29, 1.82) is 0 Å². The van der Waals surface area contributed by atoms with E-state index in [0.717, 1.165) is 18.4 Å². The molecule has 3 aliphatic rings. The SMILES string of the molecule is C=C.C=C(NOC(O)(CCc1ccccc1)N1C(CC(C)C)CC(C)C1C)C1CC(O)(O)C(F)(F)C(C)(O)C1O.CC.COC1(C)NNC(C(O)(O)O)N1. The van der Waals surface area contributed by atoms with Crippen molar-refractivity contribution in [2.24, 2.45) is 17.8 Å². The molecular formula is C37H67F2N5O10. The molecule has 0 spiro atoms. The van der Waals surface area contributed by atoms with Crippen LogP contribution in [0.5, 0.6) is 0 Å². The summed E-state index contributed by atoms with van der Waals surface area (Å²) in [5.41, 5.74) is 5.15. The number of alkyl halides is 2. The fourth-order valence-electron chi connectivity index (χ4n) is 6.82. The Balaban J connectivity index is 0.000000763. The van der Waals surface area contributed by atoms with Crippen LogP contribution in [0.3, 0.4) is 0 Å². The number of ether oxygens (including phenoxy) is 1. The first kappa shape index (κ1) is 49.8. The zero-order valence-corrected chi connectivity index (χ0v) is 33.2. The molecule has 3 fully saturated rings. The van der Waals surface area contributed by atoms with Gasteiger partial charge in [0.2, 0.25) is 5.79 Å². The van der Waals surface area contributed by atoms with Crippen LogP contribution in [0.15, 0.2) is 55.8 Å². The second-order valence-corrected chi connectivity index (χ2v) is 14.7. The first-order valence-electron chi connectivity index (χ1n) is 18.2. The van der Waals surface area contributed by atoms with Crippen LogP contribution in [0.4, 0.5) is 8.78 Å². The van der Waals surface area contributed by atoms with Crippen molar-refractivity contribution >= 4 is 0 Å². The monoisotopic (exact) mass is 779 g/mol. The molecule has 1 aromatic carbocycles. The Kier molecular flexibility index (Phi) is 18.3. The molecule has 1 aliphatic carbocycles. The quantitative estimate of drug-likeness (QED) is 0.0823. The van der Waals surface area contributed by atoms with Crippen molar-refractivity contribution in [2.45, 2.75) is 147 Å². The van der Waals surface area contributed by atoms with Crippen LogP contribution >= 0.6 is 0 Å². The molecule has 2 aliphatic heterocycles. The lowest BCUT2D eigenvalue weighted by molar-refractivity contribution is -0.389. The molecule has 0 amide bonds. The van der Waals surface area contributed by atoms with E-state index in [0.29, 0.717) is 19.3 Å². The van der Waals surface area contributed by atoms with Gasteiger partial charge in [-0.25, -0.2) is 20.6 Å². The van der Waals surface area contributed by atoms with Crippen molar-refractivity contribution in [1.82, 2.24) is 26.5 Å². The maximum Gasteiger partial charge on any atom is 0.330 e. The molecule has 9 atom stereocenters. The van der Waals surface area contributed by atoms with Crippen LogP contribution in [0.2, 0.25) is 0 Å². The van der Waals surface area contributed by atoms with E-state index in [9.17, 15) is 34.3 Å². The van der Waals surface area contributed by atoms with Gasteiger partial charge in [-0.1, -0.05) is 71.5 Å². The van der Waals surface area contributed by atoms with Crippen LogP contribution in [0.25, 0.3) is 0 Å². The molecule has 1 aromatic rings. The summed E-state index contributed by atoms with van der Waals surface area (Å²) in [6.45, 7) is 24.4. The van der Waals surface area contributed by atoms with Gasteiger partial charge in [-0.05, 0) is 57.4 Å². The average Bonchev–Trinajstić information content (AvgIpc) is 3.65. The third kappa shape index (κ3) is 11.7. The highest BCUT2D eigenvalue weighted by Gasteiger charge is 2.71. The molecule has 4 rings (SSSR count). The molecule has 17 heteroatoms. The normalized spacial score (nSPS) is 32.9. The Morgan fingerprint density at radius 1 is 1.06 bits per heavy atom. The second kappa shape index (κ2) is 19.8. The number of benzene rings is 1. The molecule has 314 valence electrons. The van der Waals surface area contributed by atoms with Gasteiger partial charge in [-0.2, -0.15) is 8.78 Å². The smallest absolute Gasteiger partial charge is 0.330 e. The number of methoxy groups -OCH3 is 1. The number of hydrogen-bond acceptors (Lipinski definition) is 15. The Labute approximate surface area is 318 Å². The minimum atomic E-state index is -4.40. The third-order valence-electron chi connectivity index (χ3n) is 10.1. The third-order valence-corrected chi connectivity index (χ3v) is 10.1. The van der Waals surface area contributed by atoms with E-state index in [2.05, 4.69) is 62.2 Å². The van der Waals surface area contributed by atoms with E-state index in [1.54, 1.807) is 6.92 Å². The van der Waals surface area contributed by atoms with E-state index in [4.69, 9.17) is 24.9 Å². The van der Waals surface area contributed by atoms with Crippen LogP contribution in [0.1, 0.15) is 86.6 Å². The summed E-state index contributed by atoms with van der Waals surface area (Å²) < 4.78 is 33.9. The minimum absolute atomic E-state index is 0.0121. The van der Waals surface area contributed by atoms with Gasteiger partial charge < -0.3 is 45.6 Å². The lowest BCUT2D eigenvalue weighted by Crippen LogP contribution is -2.72. The molecule has 1 saturated carbocycles. The fraction of sp³-hybridized carbons (Fsp3) is 0.730. The standard InChI is InChI=1S/C28H44F2N2O6.C5H13N3O4.C2H6.C2H4/c1-17(2)14-22-15-18(3)20(5)32(22)27(37,13-12-21-10-8-7-9-11-21)38-31-19(4)23-16-26(35,36)28(29,30)25(6,34)24(23)33;1-4(12-2)6-3(7-8-4)5(9,10)11;2*1-2/h7-11,17-18,20,22-24,31,33-37H,4,12-16H2,1-3,5-6H3;3,6-11H,1-2H3;1-2H3;1-2H2. The highest BCUT2D eigenvalue weighted by Crippen LogP contribution is 2.50. The number of aliphatic hydroxyl groups is 8. The maximum absolute atomic E-state index is 14.5. The molecule has 2 heterocycles. The minimum Gasteiger partial charge on any atom is -0.389 e. The highest BCUT2D eigenvalue weighted by molar-refractivity contribution is 5.17. The summed E-state index contributed by atoms with van der Waals surface area (Å²) in [6.07, 6.45) is -1.90. The molecule has 54 heavy (non-hydrogen) atoms. The van der Waals surface area contributed by atoms with Gasteiger partial charge in [0.25, 0.3) is 5.91 Å². The maximum atomic E-state index is 14.5. The molecule has 2 saturated heterocycles. The van der Waals surface area contributed by atoms with E-state index >= 15 is 0 Å². The zero-order chi connectivity index (χ0) is 42.1. The van der Waals surface area contributed by atoms with Crippen molar-refractivity contribution in [3.05, 3.63) is 61.3 Å². The molecule has 12 N–H and O–H groups in total. The summed E-state index contributed by atoms with van der Waals surface area (Å²) in [4.78, 5) is 7.84. The van der Waals surface area contributed by atoms with Crippen LogP contribution < -0.4 is 21.6 Å². The summed E-state index contributed by atoms with van der Waals surface area (Å²) in [6, 6.07) is 9.56.